The average molecular weight is 241 g/mol. The fourth-order valence-corrected chi connectivity index (χ4v) is 1.85. The number of anilines is 1. The van der Waals surface area contributed by atoms with Gasteiger partial charge in [0, 0.05) is 12.1 Å². The molecule has 0 bridgehead atoms. The molecule has 18 heavy (non-hydrogen) atoms. The first kappa shape index (κ1) is 12.6. The summed E-state index contributed by atoms with van der Waals surface area (Å²) in [4.78, 5) is 0. The van der Waals surface area contributed by atoms with Gasteiger partial charge in [0.2, 0.25) is 0 Å². The third kappa shape index (κ3) is 2.67. The quantitative estimate of drug-likeness (QED) is 0.889. The van der Waals surface area contributed by atoms with Gasteiger partial charge in [0.15, 0.2) is 0 Å². The SMILES string of the molecule is CCCNc1ccc(-c2cccc(C)c2C)nn1. The van der Waals surface area contributed by atoms with Crippen molar-refractivity contribution in [2.75, 3.05) is 11.9 Å². The number of benzene rings is 1. The lowest BCUT2D eigenvalue weighted by molar-refractivity contribution is 0.945. The van der Waals surface area contributed by atoms with E-state index in [0.29, 0.717) is 0 Å². The van der Waals surface area contributed by atoms with Gasteiger partial charge in [-0.15, -0.1) is 10.2 Å². The van der Waals surface area contributed by atoms with Crippen molar-refractivity contribution in [3.8, 4) is 11.3 Å². The Morgan fingerprint density at radius 1 is 1.06 bits per heavy atom. The molecular formula is C15H19N3. The van der Waals surface area contributed by atoms with E-state index in [1.54, 1.807) is 0 Å². The first-order valence-electron chi connectivity index (χ1n) is 6.36. The molecule has 0 atom stereocenters. The van der Waals surface area contributed by atoms with Crippen LogP contribution in [0.5, 0.6) is 0 Å². The van der Waals surface area contributed by atoms with Gasteiger partial charge in [-0.2, -0.15) is 0 Å². The molecule has 0 amide bonds. The molecule has 0 spiro atoms. The molecule has 1 N–H and O–H groups in total. The molecule has 1 heterocycles. The molecule has 0 aliphatic rings. The molecule has 0 saturated carbocycles. The van der Waals surface area contributed by atoms with Crippen molar-refractivity contribution < 1.29 is 0 Å². The van der Waals surface area contributed by atoms with Gasteiger partial charge in [-0.05, 0) is 43.5 Å². The van der Waals surface area contributed by atoms with E-state index in [1.807, 2.05) is 12.1 Å². The normalized spacial score (nSPS) is 10.4. The summed E-state index contributed by atoms with van der Waals surface area (Å²) in [5.41, 5.74) is 4.63. The van der Waals surface area contributed by atoms with E-state index in [4.69, 9.17) is 0 Å². The van der Waals surface area contributed by atoms with Gasteiger partial charge in [-0.3, -0.25) is 0 Å². The van der Waals surface area contributed by atoms with Gasteiger partial charge in [-0.25, -0.2) is 0 Å². The molecule has 0 aliphatic carbocycles. The number of hydrogen-bond donors (Lipinski definition) is 1. The van der Waals surface area contributed by atoms with Crippen LogP contribution in [0.4, 0.5) is 5.82 Å². The minimum atomic E-state index is 0.839. The highest BCUT2D eigenvalue weighted by atomic mass is 15.2. The molecule has 3 nitrogen and oxygen atoms in total. The second-order valence-electron chi connectivity index (χ2n) is 4.48. The second kappa shape index (κ2) is 5.63. The average Bonchev–Trinajstić information content (AvgIpc) is 2.40. The Morgan fingerprint density at radius 3 is 2.56 bits per heavy atom. The Balaban J connectivity index is 2.26. The van der Waals surface area contributed by atoms with Gasteiger partial charge < -0.3 is 5.32 Å². The van der Waals surface area contributed by atoms with Crippen LogP contribution in [0.2, 0.25) is 0 Å². The maximum atomic E-state index is 4.29. The zero-order valence-corrected chi connectivity index (χ0v) is 11.2. The molecular weight excluding hydrogens is 222 g/mol. The van der Waals surface area contributed by atoms with Crippen molar-refractivity contribution in [1.29, 1.82) is 0 Å². The minimum Gasteiger partial charge on any atom is -0.369 e. The lowest BCUT2D eigenvalue weighted by Gasteiger charge is -2.08. The Kier molecular flexibility index (Phi) is 3.92. The highest BCUT2D eigenvalue weighted by Gasteiger charge is 2.05. The van der Waals surface area contributed by atoms with Gasteiger partial charge in [0.05, 0.1) is 5.69 Å². The number of aryl methyl sites for hydroxylation is 1. The van der Waals surface area contributed by atoms with Crippen LogP contribution >= 0.6 is 0 Å². The molecule has 0 radical (unpaired) electrons. The van der Waals surface area contributed by atoms with Gasteiger partial charge in [0.1, 0.15) is 5.82 Å². The molecule has 1 aromatic carbocycles. The second-order valence-corrected chi connectivity index (χ2v) is 4.48. The largest absolute Gasteiger partial charge is 0.369 e. The third-order valence-electron chi connectivity index (χ3n) is 3.10. The fraction of sp³-hybridized carbons (Fsp3) is 0.333. The topological polar surface area (TPSA) is 37.8 Å². The fourth-order valence-electron chi connectivity index (χ4n) is 1.85. The Labute approximate surface area is 108 Å². The van der Waals surface area contributed by atoms with E-state index in [1.165, 1.54) is 11.1 Å². The summed E-state index contributed by atoms with van der Waals surface area (Å²) in [6.07, 6.45) is 1.08. The summed E-state index contributed by atoms with van der Waals surface area (Å²) < 4.78 is 0. The molecule has 1 aromatic heterocycles. The summed E-state index contributed by atoms with van der Waals surface area (Å²) in [7, 11) is 0. The van der Waals surface area contributed by atoms with E-state index in [-0.39, 0.29) is 0 Å². The first-order chi connectivity index (χ1) is 8.72. The van der Waals surface area contributed by atoms with Crippen molar-refractivity contribution >= 4 is 5.82 Å². The summed E-state index contributed by atoms with van der Waals surface area (Å²) in [6.45, 7) is 7.29. The first-order valence-corrected chi connectivity index (χ1v) is 6.36. The minimum absolute atomic E-state index is 0.839. The Hall–Kier alpha value is -1.90. The van der Waals surface area contributed by atoms with E-state index in [9.17, 15) is 0 Å². The highest BCUT2D eigenvalue weighted by Crippen LogP contribution is 2.23. The van der Waals surface area contributed by atoms with Crippen LogP contribution in [-0.2, 0) is 0 Å². The lowest BCUT2D eigenvalue weighted by atomic mass is 10.0. The van der Waals surface area contributed by atoms with Crippen LogP contribution < -0.4 is 5.32 Å². The van der Waals surface area contributed by atoms with Crippen molar-refractivity contribution in [2.24, 2.45) is 0 Å². The Bertz CT molecular complexity index is 518. The van der Waals surface area contributed by atoms with Crippen LogP contribution in [-0.4, -0.2) is 16.7 Å². The zero-order valence-electron chi connectivity index (χ0n) is 11.2. The highest BCUT2D eigenvalue weighted by molar-refractivity contribution is 5.65. The Morgan fingerprint density at radius 2 is 1.89 bits per heavy atom. The maximum Gasteiger partial charge on any atom is 0.148 e. The van der Waals surface area contributed by atoms with E-state index in [2.05, 4.69) is 54.5 Å². The molecule has 0 unspecified atom stereocenters. The predicted molar refractivity (Wildman–Crippen MR) is 75.7 cm³/mol. The van der Waals surface area contributed by atoms with Gasteiger partial charge >= 0.3 is 0 Å². The number of nitrogens with zero attached hydrogens (tertiary/aromatic N) is 2. The molecule has 0 fully saturated rings. The van der Waals surface area contributed by atoms with Gasteiger partial charge in [-0.1, -0.05) is 25.1 Å². The van der Waals surface area contributed by atoms with Crippen LogP contribution in [0, 0.1) is 13.8 Å². The summed E-state index contributed by atoms with van der Waals surface area (Å²) >= 11 is 0. The third-order valence-corrected chi connectivity index (χ3v) is 3.10. The standard InChI is InChI=1S/C15H19N3/c1-4-10-16-15-9-8-14(17-18-15)13-7-5-6-11(2)12(13)3/h5-9H,4,10H2,1-3H3,(H,16,18). The van der Waals surface area contributed by atoms with Crippen LogP contribution in [0.15, 0.2) is 30.3 Å². The van der Waals surface area contributed by atoms with E-state index < -0.39 is 0 Å². The van der Waals surface area contributed by atoms with Crippen molar-refractivity contribution in [2.45, 2.75) is 27.2 Å². The monoisotopic (exact) mass is 241 g/mol. The number of rotatable bonds is 4. The van der Waals surface area contributed by atoms with Crippen LogP contribution in [0.25, 0.3) is 11.3 Å². The van der Waals surface area contributed by atoms with Gasteiger partial charge in [0.25, 0.3) is 0 Å². The van der Waals surface area contributed by atoms with Crippen molar-refractivity contribution in [3.05, 3.63) is 41.5 Å². The zero-order chi connectivity index (χ0) is 13.0. The summed E-state index contributed by atoms with van der Waals surface area (Å²) in [5.74, 6) is 0.839. The van der Waals surface area contributed by atoms with Crippen LogP contribution in [0.1, 0.15) is 24.5 Å². The van der Waals surface area contributed by atoms with E-state index in [0.717, 1.165) is 30.0 Å². The molecule has 0 saturated heterocycles. The molecule has 3 heteroatoms. The van der Waals surface area contributed by atoms with Crippen LogP contribution in [0.3, 0.4) is 0 Å². The van der Waals surface area contributed by atoms with Crippen molar-refractivity contribution in [1.82, 2.24) is 10.2 Å². The number of nitrogens with one attached hydrogen (secondary N) is 1. The maximum absolute atomic E-state index is 4.29. The lowest BCUT2D eigenvalue weighted by Crippen LogP contribution is -2.03. The number of hydrogen-bond acceptors (Lipinski definition) is 3. The van der Waals surface area contributed by atoms with E-state index >= 15 is 0 Å². The summed E-state index contributed by atoms with van der Waals surface area (Å²) in [5, 5.41) is 11.7. The predicted octanol–water partition coefficient (Wildman–Crippen LogP) is 3.58. The molecule has 2 aromatic rings. The smallest absolute Gasteiger partial charge is 0.148 e. The number of aromatic nitrogens is 2. The van der Waals surface area contributed by atoms with Crippen molar-refractivity contribution in [3.63, 3.8) is 0 Å². The summed E-state index contributed by atoms with van der Waals surface area (Å²) in [6, 6.07) is 10.3. The molecule has 94 valence electrons. The molecule has 2 rings (SSSR count). The molecule has 0 aliphatic heterocycles.